The van der Waals surface area contributed by atoms with E-state index in [1.54, 1.807) is 18.2 Å². The molecule has 1 amide bonds. The van der Waals surface area contributed by atoms with Crippen molar-refractivity contribution in [2.45, 2.75) is 46.1 Å². The summed E-state index contributed by atoms with van der Waals surface area (Å²) in [6, 6.07) is 11.0. The number of carbonyl (C=O) groups excluding carboxylic acids is 1. The summed E-state index contributed by atoms with van der Waals surface area (Å²) in [5.41, 5.74) is 6.03. The van der Waals surface area contributed by atoms with E-state index >= 15 is 0 Å². The Bertz CT molecular complexity index is 1200. The van der Waals surface area contributed by atoms with E-state index < -0.39 is 11.2 Å². The van der Waals surface area contributed by atoms with Gasteiger partial charge in [0, 0.05) is 23.0 Å². The van der Waals surface area contributed by atoms with Crippen LogP contribution in [0, 0.1) is 0 Å². The van der Waals surface area contributed by atoms with Crippen LogP contribution in [0.15, 0.2) is 46.0 Å². The monoisotopic (exact) mass is 474 g/mol. The van der Waals surface area contributed by atoms with Crippen LogP contribution in [-0.2, 0) is 6.54 Å². The lowest BCUT2D eigenvalue weighted by atomic mass is 10.2. The number of halogens is 1. The zero-order chi connectivity index (χ0) is 23.3. The molecule has 1 aromatic carbocycles. The van der Waals surface area contributed by atoms with Gasteiger partial charge in [0.25, 0.3) is 11.5 Å². The second-order valence-electron chi connectivity index (χ2n) is 7.48. The summed E-state index contributed by atoms with van der Waals surface area (Å²) in [5, 5.41) is 0.639. The van der Waals surface area contributed by atoms with Crippen molar-refractivity contribution in [1.29, 1.82) is 0 Å². The molecule has 0 fully saturated rings. The average molecular weight is 475 g/mol. The van der Waals surface area contributed by atoms with Crippen molar-refractivity contribution < 1.29 is 4.79 Å². The summed E-state index contributed by atoms with van der Waals surface area (Å²) >= 11 is 7.31. The largest absolute Gasteiger partial charge is 0.383 e. The minimum absolute atomic E-state index is 0.0196. The van der Waals surface area contributed by atoms with Gasteiger partial charge in [-0.2, -0.15) is 0 Å². The fourth-order valence-corrected chi connectivity index (χ4v) is 4.45. The molecule has 0 radical (unpaired) electrons. The number of aromatic amines is 1. The molecule has 0 atom stereocenters. The highest BCUT2D eigenvalue weighted by molar-refractivity contribution is 7.17. The highest BCUT2D eigenvalue weighted by Crippen LogP contribution is 2.31. The molecule has 0 aliphatic heterocycles. The van der Waals surface area contributed by atoms with Crippen LogP contribution in [0.25, 0.3) is 10.4 Å². The average Bonchev–Trinajstić information content (AvgIpc) is 3.26. The molecule has 32 heavy (non-hydrogen) atoms. The van der Waals surface area contributed by atoms with Crippen LogP contribution >= 0.6 is 22.9 Å². The number of rotatable bonds is 9. The Kier molecular flexibility index (Phi) is 7.93. The van der Waals surface area contributed by atoms with Crippen LogP contribution in [-0.4, -0.2) is 22.0 Å². The number of thiophene rings is 1. The van der Waals surface area contributed by atoms with Crippen molar-refractivity contribution in [2.24, 2.45) is 0 Å². The molecule has 3 N–H and O–H groups in total. The summed E-state index contributed by atoms with van der Waals surface area (Å²) in [6.07, 6.45) is 3.11. The number of unbranched alkanes of at least 4 members (excludes halogenated alkanes) is 2. The molecule has 0 bridgehead atoms. The molecule has 9 heteroatoms. The maximum atomic E-state index is 13.5. The minimum Gasteiger partial charge on any atom is -0.383 e. The number of anilines is 2. The smallest absolute Gasteiger partial charge is 0.330 e. The molecule has 0 aliphatic rings. The van der Waals surface area contributed by atoms with Crippen molar-refractivity contribution in [3.8, 4) is 10.4 Å². The summed E-state index contributed by atoms with van der Waals surface area (Å²) in [6.45, 7) is 4.70. The Morgan fingerprint density at radius 1 is 1.09 bits per heavy atom. The van der Waals surface area contributed by atoms with Crippen LogP contribution in [0.1, 0.15) is 49.2 Å². The number of aromatic nitrogens is 2. The third-order valence-electron chi connectivity index (χ3n) is 5.15. The van der Waals surface area contributed by atoms with E-state index in [0.29, 0.717) is 29.4 Å². The molecule has 0 saturated heterocycles. The fourth-order valence-electron chi connectivity index (χ4n) is 3.36. The number of H-pyrrole nitrogens is 1. The molecule has 3 rings (SSSR count). The van der Waals surface area contributed by atoms with Gasteiger partial charge in [-0.05, 0) is 42.7 Å². The lowest BCUT2D eigenvalue weighted by Gasteiger charge is -2.24. The quantitative estimate of drug-likeness (QED) is 0.467. The van der Waals surface area contributed by atoms with Crippen molar-refractivity contribution >= 4 is 40.4 Å². The number of nitrogens with zero attached hydrogens (tertiary/aromatic N) is 2. The number of amides is 1. The lowest BCUT2D eigenvalue weighted by Crippen LogP contribution is -2.41. The Hall–Kier alpha value is -2.84. The van der Waals surface area contributed by atoms with Gasteiger partial charge < -0.3 is 5.73 Å². The van der Waals surface area contributed by atoms with Crippen molar-refractivity contribution in [3.63, 3.8) is 0 Å². The second kappa shape index (κ2) is 10.7. The first-order valence-corrected chi connectivity index (χ1v) is 11.9. The second-order valence-corrected chi connectivity index (χ2v) is 9.00. The summed E-state index contributed by atoms with van der Waals surface area (Å²) in [5.74, 6) is -0.298. The first-order valence-electron chi connectivity index (χ1n) is 10.7. The van der Waals surface area contributed by atoms with Gasteiger partial charge in [0.1, 0.15) is 5.82 Å². The van der Waals surface area contributed by atoms with Crippen molar-refractivity contribution in [3.05, 3.63) is 67.1 Å². The van der Waals surface area contributed by atoms with E-state index in [0.717, 1.165) is 29.7 Å². The van der Waals surface area contributed by atoms with Crippen molar-refractivity contribution in [1.82, 2.24) is 9.55 Å². The zero-order valence-corrected chi connectivity index (χ0v) is 19.8. The first kappa shape index (κ1) is 23.8. The molecular formula is C23H27ClN4O3S. The molecule has 170 valence electrons. The van der Waals surface area contributed by atoms with E-state index in [4.69, 9.17) is 17.3 Å². The summed E-state index contributed by atoms with van der Waals surface area (Å²) in [7, 11) is 0. The van der Waals surface area contributed by atoms with Crippen LogP contribution < -0.4 is 21.9 Å². The number of carbonyl (C=O) groups is 1. The van der Waals surface area contributed by atoms with Crippen LogP contribution in [0.4, 0.5) is 11.5 Å². The van der Waals surface area contributed by atoms with E-state index in [-0.39, 0.29) is 17.4 Å². The maximum absolute atomic E-state index is 13.5. The van der Waals surface area contributed by atoms with Crippen LogP contribution in [0.3, 0.4) is 0 Å². The Balaban J connectivity index is 2.02. The number of nitrogen functional groups attached to an aromatic ring is 1. The topological polar surface area (TPSA) is 101 Å². The number of nitrogens with one attached hydrogen (secondary N) is 1. The van der Waals surface area contributed by atoms with Gasteiger partial charge in [0.15, 0.2) is 5.69 Å². The molecule has 2 aromatic heterocycles. The highest BCUT2D eigenvalue weighted by atomic mass is 35.5. The van der Waals surface area contributed by atoms with E-state index in [1.807, 2.05) is 32.0 Å². The van der Waals surface area contributed by atoms with E-state index in [1.165, 1.54) is 20.8 Å². The minimum atomic E-state index is -0.654. The van der Waals surface area contributed by atoms with Gasteiger partial charge in [0.2, 0.25) is 0 Å². The zero-order valence-electron chi connectivity index (χ0n) is 18.2. The molecule has 3 aromatic rings. The van der Waals surface area contributed by atoms with Gasteiger partial charge in [0.05, 0.1) is 4.88 Å². The van der Waals surface area contributed by atoms with Gasteiger partial charge in [-0.15, -0.1) is 11.3 Å². The SMILES string of the molecule is CCCCN(C(=O)c1ccc(-c2ccc(Cl)cc2)s1)c1c(N)n(CCCC)c(=O)[nH]c1=O. The number of benzene rings is 1. The van der Waals surface area contributed by atoms with Gasteiger partial charge in [-0.25, -0.2) is 4.79 Å². The normalized spacial score (nSPS) is 11.0. The first-order chi connectivity index (χ1) is 15.4. The standard InChI is InChI=1S/C23H27ClN4O3S/c1-3-5-13-27(19-20(25)28(14-6-4-2)23(31)26-21(19)29)22(30)18-12-11-17(32-18)15-7-9-16(24)10-8-15/h7-12H,3-6,13-14,25H2,1-2H3,(H,26,29,31). The third kappa shape index (κ3) is 5.14. The molecule has 0 unspecified atom stereocenters. The molecule has 0 saturated carbocycles. The van der Waals surface area contributed by atoms with Crippen LogP contribution in [0.5, 0.6) is 0 Å². The number of hydrogen-bond donors (Lipinski definition) is 2. The van der Waals surface area contributed by atoms with E-state index in [9.17, 15) is 14.4 Å². The van der Waals surface area contributed by atoms with Crippen LogP contribution in [0.2, 0.25) is 5.02 Å². The predicted molar refractivity (Wildman–Crippen MR) is 132 cm³/mol. The summed E-state index contributed by atoms with van der Waals surface area (Å²) in [4.78, 5) is 43.6. The van der Waals surface area contributed by atoms with Gasteiger partial charge in [-0.1, -0.05) is 50.4 Å². The molecule has 7 nitrogen and oxygen atoms in total. The third-order valence-corrected chi connectivity index (χ3v) is 6.52. The Morgan fingerprint density at radius 3 is 2.44 bits per heavy atom. The van der Waals surface area contributed by atoms with Gasteiger partial charge >= 0.3 is 5.69 Å². The predicted octanol–water partition coefficient (Wildman–Crippen LogP) is 4.75. The maximum Gasteiger partial charge on any atom is 0.330 e. The van der Waals surface area contributed by atoms with E-state index in [2.05, 4.69) is 4.98 Å². The molecule has 0 aliphatic carbocycles. The van der Waals surface area contributed by atoms with Crippen molar-refractivity contribution in [2.75, 3.05) is 17.2 Å². The number of nitrogens with two attached hydrogens (primary N) is 1. The Morgan fingerprint density at radius 2 is 1.78 bits per heavy atom. The Labute approximate surface area is 195 Å². The van der Waals surface area contributed by atoms with Gasteiger partial charge in [-0.3, -0.25) is 24.0 Å². The molecular weight excluding hydrogens is 448 g/mol. The number of hydrogen-bond acceptors (Lipinski definition) is 5. The molecule has 0 spiro atoms. The highest BCUT2D eigenvalue weighted by Gasteiger charge is 2.26. The summed E-state index contributed by atoms with van der Waals surface area (Å²) < 4.78 is 1.33. The molecule has 2 heterocycles. The fraction of sp³-hybridized carbons (Fsp3) is 0.348. The lowest BCUT2D eigenvalue weighted by molar-refractivity contribution is 0.0990.